The van der Waals surface area contributed by atoms with Crippen LogP contribution in [0.4, 0.5) is 0 Å². The molecule has 0 amide bonds. The molecule has 1 N–H and O–H groups in total. The summed E-state index contributed by atoms with van der Waals surface area (Å²) in [6.07, 6.45) is 3.60. The van der Waals surface area contributed by atoms with Gasteiger partial charge in [0.25, 0.3) is 0 Å². The molecule has 0 aliphatic carbocycles. The molecular formula is C9H11BrN2. The highest BCUT2D eigenvalue weighted by molar-refractivity contribution is 9.10. The first-order valence-corrected chi connectivity index (χ1v) is 4.55. The molecule has 0 aliphatic rings. The van der Waals surface area contributed by atoms with Gasteiger partial charge in [0, 0.05) is 19.3 Å². The summed E-state index contributed by atoms with van der Waals surface area (Å²) in [5, 5.41) is 3.20. The SMILES string of the molecule is C=CCNCc1cccnc1Br. The zero-order valence-electron chi connectivity index (χ0n) is 6.76. The van der Waals surface area contributed by atoms with E-state index in [0.29, 0.717) is 0 Å². The Balaban J connectivity index is 2.51. The predicted octanol–water partition coefficient (Wildman–Crippen LogP) is 2.12. The number of hydrogen-bond donors (Lipinski definition) is 1. The summed E-state index contributed by atoms with van der Waals surface area (Å²) in [7, 11) is 0. The number of pyridine rings is 1. The van der Waals surface area contributed by atoms with E-state index < -0.39 is 0 Å². The maximum atomic E-state index is 4.11. The third kappa shape index (κ3) is 2.75. The van der Waals surface area contributed by atoms with Crippen molar-refractivity contribution in [3.8, 4) is 0 Å². The topological polar surface area (TPSA) is 24.9 Å². The summed E-state index contributed by atoms with van der Waals surface area (Å²) in [6, 6.07) is 3.96. The highest BCUT2D eigenvalue weighted by Crippen LogP contribution is 2.11. The molecule has 1 aromatic heterocycles. The van der Waals surface area contributed by atoms with Gasteiger partial charge in [0.2, 0.25) is 0 Å². The van der Waals surface area contributed by atoms with E-state index >= 15 is 0 Å². The Morgan fingerprint density at radius 3 is 3.17 bits per heavy atom. The maximum Gasteiger partial charge on any atom is 0.110 e. The lowest BCUT2D eigenvalue weighted by Crippen LogP contribution is -2.13. The molecule has 0 radical (unpaired) electrons. The summed E-state index contributed by atoms with van der Waals surface area (Å²) in [5.41, 5.74) is 1.17. The van der Waals surface area contributed by atoms with Gasteiger partial charge in [-0.25, -0.2) is 4.98 Å². The Morgan fingerprint density at radius 2 is 2.50 bits per heavy atom. The van der Waals surface area contributed by atoms with E-state index in [1.54, 1.807) is 6.20 Å². The van der Waals surface area contributed by atoms with Crippen LogP contribution in [-0.2, 0) is 6.54 Å². The highest BCUT2D eigenvalue weighted by atomic mass is 79.9. The van der Waals surface area contributed by atoms with E-state index in [0.717, 1.165) is 17.7 Å². The fourth-order valence-electron chi connectivity index (χ4n) is 0.860. The second-order valence-corrected chi connectivity index (χ2v) is 3.12. The molecule has 64 valence electrons. The van der Waals surface area contributed by atoms with Crippen molar-refractivity contribution in [1.82, 2.24) is 10.3 Å². The van der Waals surface area contributed by atoms with Crippen LogP contribution in [0.15, 0.2) is 35.6 Å². The number of aromatic nitrogens is 1. The third-order valence-electron chi connectivity index (χ3n) is 1.44. The van der Waals surface area contributed by atoms with Crippen molar-refractivity contribution in [2.45, 2.75) is 6.54 Å². The van der Waals surface area contributed by atoms with Crippen molar-refractivity contribution in [3.63, 3.8) is 0 Å². The minimum atomic E-state index is 0.820. The minimum Gasteiger partial charge on any atom is -0.309 e. The van der Waals surface area contributed by atoms with Gasteiger partial charge < -0.3 is 5.32 Å². The number of halogens is 1. The summed E-state index contributed by atoms with van der Waals surface area (Å²) >= 11 is 3.37. The molecule has 1 aromatic rings. The molecule has 3 heteroatoms. The molecule has 1 rings (SSSR count). The van der Waals surface area contributed by atoms with E-state index in [-0.39, 0.29) is 0 Å². The fraction of sp³-hybridized carbons (Fsp3) is 0.222. The van der Waals surface area contributed by atoms with E-state index in [1.165, 1.54) is 5.56 Å². The molecule has 1 heterocycles. The van der Waals surface area contributed by atoms with Gasteiger partial charge >= 0.3 is 0 Å². The molecule has 0 bridgehead atoms. The van der Waals surface area contributed by atoms with Crippen molar-refractivity contribution >= 4 is 15.9 Å². The van der Waals surface area contributed by atoms with E-state index in [2.05, 4.69) is 32.8 Å². The Morgan fingerprint density at radius 1 is 1.67 bits per heavy atom. The molecule has 0 spiro atoms. The van der Waals surface area contributed by atoms with Gasteiger partial charge in [-0.15, -0.1) is 6.58 Å². The summed E-state index contributed by atoms with van der Waals surface area (Å²) in [5.74, 6) is 0. The van der Waals surface area contributed by atoms with E-state index in [1.807, 2.05) is 18.2 Å². The van der Waals surface area contributed by atoms with E-state index in [4.69, 9.17) is 0 Å². The number of rotatable bonds is 4. The lowest BCUT2D eigenvalue weighted by Gasteiger charge is -2.02. The van der Waals surface area contributed by atoms with Gasteiger partial charge in [-0.3, -0.25) is 0 Å². The highest BCUT2D eigenvalue weighted by Gasteiger charge is 1.96. The Bertz CT molecular complexity index is 260. The first-order chi connectivity index (χ1) is 5.84. The van der Waals surface area contributed by atoms with Crippen LogP contribution in [0.2, 0.25) is 0 Å². The molecule has 0 saturated heterocycles. The molecule has 0 saturated carbocycles. The quantitative estimate of drug-likeness (QED) is 0.484. The van der Waals surface area contributed by atoms with Crippen molar-refractivity contribution in [2.75, 3.05) is 6.54 Å². The average Bonchev–Trinajstić information content (AvgIpc) is 2.09. The first kappa shape index (κ1) is 9.42. The van der Waals surface area contributed by atoms with Gasteiger partial charge in [-0.2, -0.15) is 0 Å². The van der Waals surface area contributed by atoms with Crippen LogP contribution < -0.4 is 5.32 Å². The molecule has 12 heavy (non-hydrogen) atoms. The van der Waals surface area contributed by atoms with Crippen LogP contribution in [0, 0.1) is 0 Å². The lowest BCUT2D eigenvalue weighted by atomic mass is 10.3. The average molecular weight is 227 g/mol. The van der Waals surface area contributed by atoms with Crippen molar-refractivity contribution in [2.24, 2.45) is 0 Å². The first-order valence-electron chi connectivity index (χ1n) is 3.75. The van der Waals surface area contributed by atoms with Gasteiger partial charge in [0.1, 0.15) is 4.60 Å². The third-order valence-corrected chi connectivity index (χ3v) is 2.15. The summed E-state index contributed by atoms with van der Waals surface area (Å²) in [4.78, 5) is 4.11. The summed E-state index contributed by atoms with van der Waals surface area (Å²) < 4.78 is 0.904. The van der Waals surface area contributed by atoms with Crippen LogP contribution in [0.5, 0.6) is 0 Å². The number of nitrogens with zero attached hydrogens (tertiary/aromatic N) is 1. The normalized spacial score (nSPS) is 9.75. The Labute approximate surface area is 80.8 Å². The Kier molecular flexibility index (Phi) is 3.97. The van der Waals surface area contributed by atoms with Crippen LogP contribution in [-0.4, -0.2) is 11.5 Å². The van der Waals surface area contributed by atoms with Crippen LogP contribution in [0.25, 0.3) is 0 Å². The minimum absolute atomic E-state index is 0.820. The molecular weight excluding hydrogens is 216 g/mol. The van der Waals surface area contributed by atoms with Crippen molar-refractivity contribution in [3.05, 3.63) is 41.2 Å². The second-order valence-electron chi connectivity index (χ2n) is 2.37. The van der Waals surface area contributed by atoms with Crippen molar-refractivity contribution in [1.29, 1.82) is 0 Å². The second kappa shape index (κ2) is 5.06. The molecule has 0 aromatic carbocycles. The molecule has 0 aliphatic heterocycles. The molecule has 2 nitrogen and oxygen atoms in total. The van der Waals surface area contributed by atoms with Crippen molar-refractivity contribution < 1.29 is 0 Å². The van der Waals surface area contributed by atoms with Crippen LogP contribution in [0.1, 0.15) is 5.56 Å². The molecule has 0 fully saturated rings. The Hall–Kier alpha value is -0.670. The number of hydrogen-bond acceptors (Lipinski definition) is 2. The van der Waals surface area contributed by atoms with Gasteiger partial charge in [-0.1, -0.05) is 12.1 Å². The van der Waals surface area contributed by atoms with Crippen LogP contribution in [0.3, 0.4) is 0 Å². The predicted molar refractivity (Wildman–Crippen MR) is 53.8 cm³/mol. The maximum absolute atomic E-state index is 4.11. The van der Waals surface area contributed by atoms with Gasteiger partial charge in [-0.05, 0) is 27.6 Å². The smallest absolute Gasteiger partial charge is 0.110 e. The zero-order valence-corrected chi connectivity index (χ0v) is 8.34. The molecule has 0 atom stereocenters. The molecule has 0 unspecified atom stereocenters. The number of nitrogens with one attached hydrogen (secondary N) is 1. The monoisotopic (exact) mass is 226 g/mol. The fourth-order valence-corrected chi connectivity index (χ4v) is 1.25. The zero-order chi connectivity index (χ0) is 8.81. The van der Waals surface area contributed by atoms with E-state index in [9.17, 15) is 0 Å². The standard InChI is InChI=1S/C9H11BrN2/c1-2-5-11-7-8-4-3-6-12-9(8)10/h2-4,6,11H,1,5,7H2. The van der Waals surface area contributed by atoms with Gasteiger partial charge in [0.15, 0.2) is 0 Å². The summed E-state index contributed by atoms with van der Waals surface area (Å²) in [6.45, 7) is 5.27. The lowest BCUT2D eigenvalue weighted by molar-refractivity contribution is 0.754. The largest absolute Gasteiger partial charge is 0.309 e. The van der Waals surface area contributed by atoms with Gasteiger partial charge in [0.05, 0.1) is 0 Å². The van der Waals surface area contributed by atoms with Crippen LogP contribution >= 0.6 is 15.9 Å².